The fraction of sp³-hybridized carbons (Fsp3) is 0.150. The molecule has 1 N–H and O–H groups in total. The molecule has 5 heteroatoms. The number of hydrogen-bond donors (Lipinski definition) is 1. The Bertz CT molecular complexity index is 905. The van der Waals surface area contributed by atoms with Gasteiger partial charge in [0, 0.05) is 18.2 Å². The van der Waals surface area contributed by atoms with Crippen molar-refractivity contribution in [2.45, 2.75) is 19.5 Å². The minimum atomic E-state index is -0.695. The SMILES string of the molecule is CC(C(=O)NCc1ccccc1)n1nc(-c2ccccc2)ccc1=O. The number of nitrogens with zero attached hydrogens (tertiary/aromatic N) is 2. The van der Waals surface area contributed by atoms with E-state index in [1.54, 1.807) is 13.0 Å². The lowest BCUT2D eigenvalue weighted by Gasteiger charge is -2.15. The average Bonchev–Trinajstić information content (AvgIpc) is 2.67. The molecule has 0 saturated carbocycles. The van der Waals surface area contributed by atoms with Crippen LogP contribution in [0.1, 0.15) is 18.5 Å². The van der Waals surface area contributed by atoms with Crippen LogP contribution in [0.25, 0.3) is 11.3 Å². The smallest absolute Gasteiger partial charge is 0.267 e. The first-order valence-corrected chi connectivity index (χ1v) is 8.12. The summed E-state index contributed by atoms with van der Waals surface area (Å²) in [4.78, 5) is 24.5. The highest BCUT2D eigenvalue weighted by molar-refractivity contribution is 5.79. The van der Waals surface area contributed by atoms with Crippen LogP contribution in [0, 0.1) is 0 Å². The molecule has 0 spiro atoms. The highest BCUT2D eigenvalue weighted by atomic mass is 16.2. The summed E-state index contributed by atoms with van der Waals surface area (Å²) in [6.45, 7) is 2.08. The molecule has 0 bridgehead atoms. The number of nitrogens with one attached hydrogen (secondary N) is 1. The van der Waals surface area contributed by atoms with Gasteiger partial charge < -0.3 is 5.32 Å². The van der Waals surface area contributed by atoms with Gasteiger partial charge in [0.1, 0.15) is 6.04 Å². The van der Waals surface area contributed by atoms with E-state index in [1.807, 2.05) is 60.7 Å². The third-order valence-corrected chi connectivity index (χ3v) is 3.95. The topological polar surface area (TPSA) is 64.0 Å². The summed E-state index contributed by atoms with van der Waals surface area (Å²) in [6.07, 6.45) is 0. The van der Waals surface area contributed by atoms with Gasteiger partial charge in [-0.05, 0) is 18.6 Å². The molecule has 25 heavy (non-hydrogen) atoms. The molecule has 0 aliphatic carbocycles. The molecule has 1 unspecified atom stereocenters. The van der Waals surface area contributed by atoms with Crippen LogP contribution in [0.3, 0.4) is 0 Å². The lowest BCUT2D eigenvalue weighted by molar-refractivity contribution is -0.124. The van der Waals surface area contributed by atoms with Crippen LogP contribution in [0.4, 0.5) is 0 Å². The monoisotopic (exact) mass is 333 g/mol. The third kappa shape index (κ3) is 4.01. The minimum absolute atomic E-state index is 0.247. The molecule has 126 valence electrons. The largest absolute Gasteiger partial charge is 0.350 e. The zero-order valence-corrected chi connectivity index (χ0v) is 13.9. The standard InChI is InChI=1S/C20H19N3O2/c1-15(20(25)21-14-16-8-4-2-5-9-16)23-19(24)13-12-18(22-23)17-10-6-3-7-11-17/h2-13,15H,14H2,1H3,(H,21,25). The molecular formula is C20H19N3O2. The van der Waals surface area contributed by atoms with Crippen molar-refractivity contribution in [2.75, 3.05) is 0 Å². The highest BCUT2D eigenvalue weighted by Crippen LogP contribution is 2.15. The zero-order valence-electron chi connectivity index (χ0n) is 13.9. The Hall–Kier alpha value is -3.21. The molecular weight excluding hydrogens is 314 g/mol. The van der Waals surface area contributed by atoms with Crippen molar-refractivity contribution in [3.63, 3.8) is 0 Å². The van der Waals surface area contributed by atoms with Crippen molar-refractivity contribution in [2.24, 2.45) is 0 Å². The number of amides is 1. The van der Waals surface area contributed by atoms with Crippen LogP contribution in [0.15, 0.2) is 77.6 Å². The second-order valence-corrected chi connectivity index (χ2v) is 5.75. The molecule has 2 aromatic carbocycles. The number of benzene rings is 2. The van der Waals surface area contributed by atoms with Crippen LogP contribution in [-0.2, 0) is 11.3 Å². The van der Waals surface area contributed by atoms with Gasteiger partial charge in [-0.1, -0.05) is 60.7 Å². The van der Waals surface area contributed by atoms with E-state index >= 15 is 0 Å². The molecule has 3 aromatic rings. The normalized spacial score (nSPS) is 11.7. The van der Waals surface area contributed by atoms with E-state index in [-0.39, 0.29) is 11.5 Å². The van der Waals surface area contributed by atoms with Crippen LogP contribution in [0.5, 0.6) is 0 Å². The van der Waals surface area contributed by atoms with Gasteiger partial charge in [0.15, 0.2) is 0 Å². The first-order valence-electron chi connectivity index (χ1n) is 8.12. The van der Waals surface area contributed by atoms with Crippen LogP contribution >= 0.6 is 0 Å². The van der Waals surface area contributed by atoms with E-state index in [4.69, 9.17) is 0 Å². The van der Waals surface area contributed by atoms with E-state index in [2.05, 4.69) is 10.4 Å². The van der Waals surface area contributed by atoms with Gasteiger partial charge in [0.2, 0.25) is 5.91 Å². The number of carbonyl (C=O) groups is 1. The fourth-order valence-corrected chi connectivity index (χ4v) is 2.51. The summed E-state index contributed by atoms with van der Waals surface area (Å²) in [5.41, 5.74) is 2.25. The molecule has 0 aliphatic heterocycles. The van der Waals surface area contributed by atoms with Crippen molar-refractivity contribution in [1.82, 2.24) is 15.1 Å². The van der Waals surface area contributed by atoms with Crippen molar-refractivity contribution < 1.29 is 4.79 Å². The zero-order chi connectivity index (χ0) is 17.6. The van der Waals surface area contributed by atoms with Gasteiger partial charge in [-0.25, -0.2) is 4.68 Å². The maximum absolute atomic E-state index is 12.4. The van der Waals surface area contributed by atoms with E-state index in [9.17, 15) is 9.59 Å². The number of rotatable bonds is 5. The molecule has 0 fully saturated rings. The molecule has 1 amide bonds. The Balaban J connectivity index is 1.78. The molecule has 0 aliphatic rings. The third-order valence-electron chi connectivity index (χ3n) is 3.95. The quantitative estimate of drug-likeness (QED) is 0.781. The van der Waals surface area contributed by atoms with E-state index in [0.717, 1.165) is 11.1 Å². The highest BCUT2D eigenvalue weighted by Gasteiger charge is 2.17. The summed E-state index contributed by atoms with van der Waals surface area (Å²) in [5.74, 6) is -0.247. The van der Waals surface area contributed by atoms with Crippen molar-refractivity contribution in [1.29, 1.82) is 0 Å². The molecule has 1 atom stereocenters. The number of carbonyl (C=O) groups excluding carboxylic acids is 1. The van der Waals surface area contributed by atoms with Crippen molar-refractivity contribution in [3.8, 4) is 11.3 Å². The Kier molecular flexibility index (Phi) is 5.04. The Morgan fingerprint density at radius 1 is 1.00 bits per heavy atom. The maximum atomic E-state index is 12.4. The summed E-state index contributed by atoms with van der Waals surface area (Å²) >= 11 is 0. The van der Waals surface area contributed by atoms with E-state index in [1.165, 1.54) is 10.7 Å². The second-order valence-electron chi connectivity index (χ2n) is 5.75. The lowest BCUT2D eigenvalue weighted by Crippen LogP contribution is -2.36. The van der Waals surface area contributed by atoms with Gasteiger partial charge in [0.25, 0.3) is 5.56 Å². The predicted molar refractivity (Wildman–Crippen MR) is 96.9 cm³/mol. The molecule has 1 heterocycles. The molecule has 0 radical (unpaired) electrons. The fourth-order valence-electron chi connectivity index (χ4n) is 2.51. The van der Waals surface area contributed by atoms with Gasteiger partial charge in [-0.15, -0.1) is 0 Å². The molecule has 5 nitrogen and oxygen atoms in total. The predicted octanol–water partition coefficient (Wildman–Crippen LogP) is 2.79. The van der Waals surface area contributed by atoms with Gasteiger partial charge in [-0.2, -0.15) is 5.10 Å². The van der Waals surface area contributed by atoms with E-state index in [0.29, 0.717) is 12.2 Å². The van der Waals surface area contributed by atoms with Crippen LogP contribution in [-0.4, -0.2) is 15.7 Å². The average molecular weight is 333 g/mol. The van der Waals surface area contributed by atoms with Gasteiger partial charge in [-0.3, -0.25) is 9.59 Å². The summed E-state index contributed by atoms with van der Waals surface area (Å²) < 4.78 is 1.22. The summed E-state index contributed by atoms with van der Waals surface area (Å²) in [6, 6.07) is 21.6. The molecule has 1 aromatic heterocycles. The first kappa shape index (κ1) is 16.6. The molecule has 3 rings (SSSR count). The van der Waals surface area contributed by atoms with Crippen molar-refractivity contribution >= 4 is 5.91 Å². The van der Waals surface area contributed by atoms with Gasteiger partial charge in [0.05, 0.1) is 5.69 Å². The van der Waals surface area contributed by atoms with Crippen molar-refractivity contribution in [3.05, 3.63) is 88.7 Å². The number of aromatic nitrogens is 2. The lowest BCUT2D eigenvalue weighted by atomic mass is 10.1. The Labute approximate surface area is 145 Å². The van der Waals surface area contributed by atoms with Crippen LogP contribution < -0.4 is 10.9 Å². The van der Waals surface area contributed by atoms with Gasteiger partial charge >= 0.3 is 0 Å². The minimum Gasteiger partial charge on any atom is -0.350 e. The summed E-state index contributed by atoms with van der Waals surface area (Å²) in [7, 11) is 0. The first-order chi connectivity index (χ1) is 12.1. The Morgan fingerprint density at radius 2 is 1.64 bits per heavy atom. The summed E-state index contributed by atoms with van der Waals surface area (Å²) in [5, 5.41) is 7.21. The second kappa shape index (κ2) is 7.57. The maximum Gasteiger partial charge on any atom is 0.267 e. The van der Waals surface area contributed by atoms with E-state index < -0.39 is 6.04 Å². The number of hydrogen-bond acceptors (Lipinski definition) is 3. The molecule has 0 saturated heterocycles. The van der Waals surface area contributed by atoms with Crippen LogP contribution in [0.2, 0.25) is 0 Å². The Morgan fingerprint density at radius 3 is 2.32 bits per heavy atom.